The second-order valence-electron chi connectivity index (χ2n) is 5.86. The lowest BCUT2D eigenvalue weighted by atomic mass is 10.0. The van der Waals surface area contributed by atoms with Crippen molar-refractivity contribution in [1.29, 1.82) is 5.26 Å². The van der Waals surface area contributed by atoms with Gasteiger partial charge >= 0.3 is 0 Å². The van der Waals surface area contributed by atoms with Gasteiger partial charge in [-0.3, -0.25) is 4.79 Å². The second kappa shape index (κ2) is 7.37. The number of ether oxygens (including phenoxy) is 1. The van der Waals surface area contributed by atoms with Gasteiger partial charge in [-0.2, -0.15) is 5.26 Å². The number of nitriles is 1. The number of rotatable bonds is 6. The van der Waals surface area contributed by atoms with Gasteiger partial charge in [-0.15, -0.1) is 0 Å². The number of carbonyl (C=O) groups is 1. The van der Waals surface area contributed by atoms with E-state index in [0.29, 0.717) is 22.3 Å². The van der Waals surface area contributed by atoms with Crippen molar-refractivity contribution in [3.8, 4) is 11.8 Å². The van der Waals surface area contributed by atoms with Crippen molar-refractivity contribution >= 4 is 17.5 Å². The fourth-order valence-electron chi connectivity index (χ4n) is 2.56. The van der Waals surface area contributed by atoms with E-state index in [9.17, 15) is 4.79 Å². The van der Waals surface area contributed by atoms with E-state index < -0.39 is 0 Å². The smallest absolute Gasteiger partial charge is 0.258 e. The maximum absolute atomic E-state index is 12.2. The van der Waals surface area contributed by atoms with Crippen LogP contribution < -0.4 is 10.1 Å². The van der Waals surface area contributed by atoms with Crippen LogP contribution in [0.25, 0.3) is 0 Å². The second-order valence-corrected chi connectivity index (χ2v) is 6.30. The van der Waals surface area contributed by atoms with Gasteiger partial charge in [0.05, 0.1) is 17.7 Å². The van der Waals surface area contributed by atoms with Gasteiger partial charge in [0.1, 0.15) is 5.75 Å². The molecule has 1 N–H and O–H groups in total. The third-order valence-electron chi connectivity index (χ3n) is 3.99. The quantitative estimate of drug-likeness (QED) is 0.868. The third-order valence-corrected chi connectivity index (χ3v) is 4.24. The first-order valence-electron chi connectivity index (χ1n) is 7.83. The number of halogens is 1. The normalized spacial score (nSPS) is 14.5. The van der Waals surface area contributed by atoms with Crippen LogP contribution in [-0.4, -0.2) is 12.5 Å². The Labute approximate surface area is 146 Å². The molecular weight excluding hydrogens is 324 g/mol. The number of benzene rings is 2. The summed E-state index contributed by atoms with van der Waals surface area (Å²) in [7, 11) is 0. The van der Waals surface area contributed by atoms with Crippen LogP contribution in [0.3, 0.4) is 0 Å². The van der Waals surface area contributed by atoms with E-state index in [1.165, 1.54) is 0 Å². The van der Waals surface area contributed by atoms with Gasteiger partial charge in [0, 0.05) is 5.02 Å². The molecule has 1 unspecified atom stereocenters. The molecule has 5 heteroatoms. The minimum absolute atomic E-state index is 0.000619. The molecule has 0 aliphatic heterocycles. The molecule has 24 heavy (non-hydrogen) atoms. The van der Waals surface area contributed by atoms with E-state index in [0.717, 1.165) is 18.4 Å². The SMILES string of the molecule is N#Cc1ccc(OCC(=O)NC(c2ccc(Cl)cc2)C2CC2)cc1. The van der Waals surface area contributed by atoms with Crippen LogP contribution in [-0.2, 0) is 4.79 Å². The van der Waals surface area contributed by atoms with E-state index in [2.05, 4.69) is 5.32 Å². The van der Waals surface area contributed by atoms with Gasteiger partial charge in [0.15, 0.2) is 6.61 Å². The maximum Gasteiger partial charge on any atom is 0.258 e. The summed E-state index contributed by atoms with van der Waals surface area (Å²) < 4.78 is 5.48. The van der Waals surface area contributed by atoms with E-state index in [1.807, 2.05) is 30.3 Å². The highest BCUT2D eigenvalue weighted by Gasteiger charge is 2.33. The predicted octanol–water partition coefficient (Wildman–Crippen LogP) is 3.86. The van der Waals surface area contributed by atoms with Gasteiger partial charge in [-0.25, -0.2) is 0 Å². The first kappa shape index (κ1) is 16.4. The topological polar surface area (TPSA) is 62.1 Å². The molecule has 1 aliphatic rings. The van der Waals surface area contributed by atoms with Crippen LogP contribution >= 0.6 is 11.6 Å². The lowest BCUT2D eigenvalue weighted by Gasteiger charge is -2.19. The highest BCUT2D eigenvalue weighted by Crippen LogP contribution is 2.41. The molecule has 2 aromatic rings. The van der Waals surface area contributed by atoms with Crippen molar-refractivity contribution in [3.05, 3.63) is 64.7 Å². The number of hydrogen-bond acceptors (Lipinski definition) is 3. The van der Waals surface area contributed by atoms with Crippen LogP contribution in [0.5, 0.6) is 5.75 Å². The Morgan fingerprint density at radius 3 is 2.46 bits per heavy atom. The zero-order valence-electron chi connectivity index (χ0n) is 13.0. The van der Waals surface area contributed by atoms with Gasteiger partial charge < -0.3 is 10.1 Å². The van der Waals surface area contributed by atoms with Crippen LogP contribution in [0, 0.1) is 17.2 Å². The Bertz CT molecular complexity index is 746. The van der Waals surface area contributed by atoms with Crippen LogP contribution in [0.2, 0.25) is 5.02 Å². The van der Waals surface area contributed by atoms with Crippen molar-refractivity contribution in [3.63, 3.8) is 0 Å². The molecule has 1 aliphatic carbocycles. The summed E-state index contributed by atoms with van der Waals surface area (Å²) in [4.78, 5) is 12.2. The number of carbonyl (C=O) groups excluding carboxylic acids is 1. The highest BCUT2D eigenvalue weighted by molar-refractivity contribution is 6.30. The molecular formula is C19H17ClN2O2. The molecule has 1 fully saturated rings. The monoisotopic (exact) mass is 340 g/mol. The third kappa shape index (κ3) is 4.27. The van der Waals surface area contributed by atoms with Crippen molar-refractivity contribution in [2.24, 2.45) is 5.92 Å². The van der Waals surface area contributed by atoms with Gasteiger partial charge in [-0.1, -0.05) is 23.7 Å². The lowest BCUT2D eigenvalue weighted by Crippen LogP contribution is -2.33. The van der Waals surface area contributed by atoms with Crippen molar-refractivity contribution in [2.45, 2.75) is 18.9 Å². The summed E-state index contributed by atoms with van der Waals surface area (Å²) in [6, 6.07) is 16.3. The van der Waals surface area contributed by atoms with Crippen molar-refractivity contribution in [1.82, 2.24) is 5.32 Å². The average molecular weight is 341 g/mol. The fourth-order valence-corrected chi connectivity index (χ4v) is 2.69. The Hall–Kier alpha value is -2.51. The molecule has 1 saturated carbocycles. The molecule has 0 heterocycles. The fraction of sp³-hybridized carbons (Fsp3) is 0.263. The number of amides is 1. The summed E-state index contributed by atoms with van der Waals surface area (Å²) >= 11 is 5.93. The molecule has 0 bridgehead atoms. The first-order chi connectivity index (χ1) is 11.7. The van der Waals surface area contributed by atoms with Gasteiger partial charge in [-0.05, 0) is 60.7 Å². The van der Waals surface area contributed by atoms with E-state index in [4.69, 9.17) is 21.6 Å². The van der Waals surface area contributed by atoms with Crippen LogP contribution in [0.4, 0.5) is 0 Å². The summed E-state index contributed by atoms with van der Waals surface area (Å²) in [5, 5.41) is 12.5. The summed E-state index contributed by atoms with van der Waals surface area (Å²) in [5.74, 6) is 0.884. The predicted molar refractivity (Wildman–Crippen MR) is 91.7 cm³/mol. The number of hydrogen-bond donors (Lipinski definition) is 1. The van der Waals surface area contributed by atoms with Crippen LogP contribution in [0.1, 0.15) is 30.0 Å². The molecule has 0 spiro atoms. The van der Waals surface area contributed by atoms with Crippen molar-refractivity contribution < 1.29 is 9.53 Å². The van der Waals surface area contributed by atoms with E-state index >= 15 is 0 Å². The number of nitrogens with zero attached hydrogens (tertiary/aromatic N) is 1. The zero-order chi connectivity index (χ0) is 16.9. The van der Waals surface area contributed by atoms with Crippen molar-refractivity contribution in [2.75, 3.05) is 6.61 Å². The molecule has 0 saturated heterocycles. The summed E-state index contributed by atoms with van der Waals surface area (Å²) in [5.41, 5.74) is 1.62. The maximum atomic E-state index is 12.2. The molecule has 1 amide bonds. The standard InChI is InChI=1S/C19H17ClN2O2/c20-16-7-5-15(6-8-16)19(14-3-4-14)22-18(23)12-24-17-9-1-13(11-21)2-10-17/h1-2,5-10,14,19H,3-4,12H2,(H,22,23). The Morgan fingerprint density at radius 1 is 1.21 bits per heavy atom. The molecule has 122 valence electrons. The zero-order valence-corrected chi connectivity index (χ0v) is 13.8. The molecule has 0 aromatic heterocycles. The molecule has 0 radical (unpaired) electrons. The van der Waals surface area contributed by atoms with Gasteiger partial charge in [0.2, 0.25) is 0 Å². The number of nitrogens with one attached hydrogen (secondary N) is 1. The first-order valence-corrected chi connectivity index (χ1v) is 8.21. The summed E-state index contributed by atoms with van der Waals surface area (Å²) in [6.45, 7) is -0.0529. The Kier molecular flexibility index (Phi) is 5.02. The molecule has 4 nitrogen and oxygen atoms in total. The Morgan fingerprint density at radius 2 is 1.88 bits per heavy atom. The summed E-state index contributed by atoms with van der Waals surface area (Å²) in [6.07, 6.45) is 2.23. The minimum Gasteiger partial charge on any atom is -0.484 e. The minimum atomic E-state index is -0.161. The molecule has 2 aromatic carbocycles. The van der Waals surface area contributed by atoms with E-state index in [-0.39, 0.29) is 18.6 Å². The lowest BCUT2D eigenvalue weighted by molar-refractivity contribution is -0.124. The molecule has 1 atom stereocenters. The van der Waals surface area contributed by atoms with Gasteiger partial charge in [0.25, 0.3) is 5.91 Å². The molecule has 3 rings (SSSR count). The average Bonchev–Trinajstić information content (AvgIpc) is 3.44. The van der Waals surface area contributed by atoms with Crippen LogP contribution in [0.15, 0.2) is 48.5 Å². The Balaban J connectivity index is 1.57. The van der Waals surface area contributed by atoms with E-state index in [1.54, 1.807) is 24.3 Å². The highest BCUT2D eigenvalue weighted by atomic mass is 35.5. The largest absolute Gasteiger partial charge is 0.484 e.